The van der Waals surface area contributed by atoms with Crippen LogP contribution in [0.4, 0.5) is 0 Å². The van der Waals surface area contributed by atoms with E-state index in [2.05, 4.69) is 55.3 Å². The normalized spacial score (nSPS) is 25.1. The number of hydrogen-bond acceptors (Lipinski definition) is 2. The van der Waals surface area contributed by atoms with Gasteiger partial charge >= 0.3 is 0 Å². The summed E-state index contributed by atoms with van der Waals surface area (Å²) in [5.41, 5.74) is 2.42. The number of likely N-dealkylation sites (tertiary alicyclic amines) is 1. The molecular weight excluding hydrogens is 248 g/mol. The molecule has 1 atom stereocenters. The van der Waals surface area contributed by atoms with Gasteiger partial charge in [-0.05, 0) is 52.3 Å². The largest absolute Gasteiger partial charge is 0.332 e. The highest BCUT2D eigenvalue weighted by Gasteiger charge is 2.61. The number of hydrogen-bond donors (Lipinski definition) is 1. The van der Waals surface area contributed by atoms with Crippen LogP contribution < -0.4 is 5.32 Å². The van der Waals surface area contributed by atoms with Gasteiger partial charge in [-0.25, -0.2) is 0 Å². The van der Waals surface area contributed by atoms with Gasteiger partial charge in [0.15, 0.2) is 0 Å². The molecule has 0 radical (unpaired) electrons. The zero-order valence-electron chi connectivity index (χ0n) is 12.6. The van der Waals surface area contributed by atoms with Gasteiger partial charge in [-0.2, -0.15) is 0 Å². The van der Waals surface area contributed by atoms with Crippen LogP contribution in [0, 0.1) is 12.3 Å². The van der Waals surface area contributed by atoms with Crippen LogP contribution in [0.3, 0.4) is 0 Å². The molecule has 2 aliphatic rings. The Balaban J connectivity index is 1.98. The summed E-state index contributed by atoms with van der Waals surface area (Å²) < 4.78 is 0. The molecule has 0 aliphatic carbocycles. The van der Waals surface area contributed by atoms with E-state index in [9.17, 15) is 4.79 Å². The van der Waals surface area contributed by atoms with Crippen LogP contribution >= 0.6 is 0 Å². The number of carbonyl (C=O) groups is 1. The number of nitrogens with one attached hydrogen (secondary N) is 1. The third-order valence-electron chi connectivity index (χ3n) is 4.91. The second-order valence-electron chi connectivity index (χ2n) is 6.53. The standard InChI is InChI=1S/C17H24N2O/c1-12(2)19-15(14-6-4-13(3)5-7-14)17(16(19)20)8-10-18-11-9-17/h4-7,12,15,18H,8-11H2,1-3H3. The Labute approximate surface area is 121 Å². The first-order chi connectivity index (χ1) is 9.56. The number of amides is 1. The van der Waals surface area contributed by atoms with Gasteiger partial charge in [-0.3, -0.25) is 4.79 Å². The van der Waals surface area contributed by atoms with E-state index in [0.29, 0.717) is 5.91 Å². The van der Waals surface area contributed by atoms with Crippen LogP contribution in [-0.4, -0.2) is 29.9 Å². The number of carbonyl (C=O) groups excluding carboxylic acids is 1. The van der Waals surface area contributed by atoms with Crippen molar-refractivity contribution in [3.63, 3.8) is 0 Å². The molecule has 1 spiro atoms. The van der Waals surface area contributed by atoms with E-state index < -0.39 is 0 Å². The predicted molar refractivity (Wildman–Crippen MR) is 80.4 cm³/mol. The first-order valence-electron chi connectivity index (χ1n) is 7.66. The summed E-state index contributed by atoms with van der Waals surface area (Å²) in [7, 11) is 0. The maximum atomic E-state index is 12.7. The minimum Gasteiger partial charge on any atom is -0.332 e. The first kappa shape index (κ1) is 13.6. The minimum atomic E-state index is -0.148. The van der Waals surface area contributed by atoms with Crippen LogP contribution in [0.15, 0.2) is 24.3 Å². The molecule has 1 unspecified atom stereocenters. The van der Waals surface area contributed by atoms with Crippen molar-refractivity contribution >= 4 is 5.91 Å². The lowest BCUT2D eigenvalue weighted by atomic mass is 9.62. The highest BCUT2D eigenvalue weighted by Crippen LogP contribution is 2.55. The lowest BCUT2D eigenvalue weighted by molar-refractivity contribution is -0.182. The van der Waals surface area contributed by atoms with Gasteiger partial charge in [-0.15, -0.1) is 0 Å². The van der Waals surface area contributed by atoms with Crippen LogP contribution in [-0.2, 0) is 4.79 Å². The summed E-state index contributed by atoms with van der Waals surface area (Å²) in [4.78, 5) is 14.8. The molecule has 2 saturated heterocycles. The van der Waals surface area contributed by atoms with Gasteiger partial charge < -0.3 is 10.2 Å². The molecule has 3 rings (SSSR count). The zero-order chi connectivity index (χ0) is 14.3. The van der Waals surface area contributed by atoms with Crippen molar-refractivity contribution in [2.45, 2.75) is 45.7 Å². The topological polar surface area (TPSA) is 32.3 Å². The molecule has 108 valence electrons. The Bertz CT molecular complexity index is 500. The van der Waals surface area contributed by atoms with Crippen molar-refractivity contribution in [3.05, 3.63) is 35.4 Å². The molecule has 20 heavy (non-hydrogen) atoms. The maximum Gasteiger partial charge on any atom is 0.232 e. The van der Waals surface area contributed by atoms with Gasteiger partial charge in [-0.1, -0.05) is 29.8 Å². The Morgan fingerprint density at radius 2 is 1.80 bits per heavy atom. The lowest BCUT2D eigenvalue weighted by Crippen LogP contribution is -2.67. The van der Waals surface area contributed by atoms with Crippen molar-refractivity contribution in [2.75, 3.05) is 13.1 Å². The first-order valence-corrected chi connectivity index (χ1v) is 7.66. The predicted octanol–water partition coefficient (Wildman–Crippen LogP) is 2.66. The maximum absolute atomic E-state index is 12.7. The zero-order valence-corrected chi connectivity index (χ0v) is 12.6. The summed E-state index contributed by atoms with van der Waals surface area (Å²) in [6.07, 6.45) is 1.93. The van der Waals surface area contributed by atoms with Crippen molar-refractivity contribution in [1.82, 2.24) is 10.2 Å². The number of β-lactam (4-membered cyclic amide) rings is 1. The average Bonchev–Trinajstić information content (AvgIpc) is 2.46. The highest BCUT2D eigenvalue weighted by atomic mass is 16.2. The third kappa shape index (κ3) is 1.87. The summed E-state index contributed by atoms with van der Waals surface area (Å²) in [6.45, 7) is 8.26. The number of aryl methyl sites for hydroxylation is 1. The van der Waals surface area contributed by atoms with Crippen molar-refractivity contribution in [1.29, 1.82) is 0 Å². The van der Waals surface area contributed by atoms with Gasteiger partial charge in [0.25, 0.3) is 0 Å². The quantitative estimate of drug-likeness (QED) is 0.840. The Hall–Kier alpha value is -1.35. The fraction of sp³-hybridized carbons (Fsp3) is 0.588. The molecule has 1 amide bonds. The molecule has 3 heteroatoms. The number of benzene rings is 1. The number of nitrogens with zero attached hydrogens (tertiary/aromatic N) is 1. The summed E-state index contributed by atoms with van der Waals surface area (Å²) in [5.74, 6) is 0.361. The van der Waals surface area contributed by atoms with E-state index in [0.717, 1.165) is 25.9 Å². The summed E-state index contributed by atoms with van der Waals surface area (Å²) >= 11 is 0. The molecule has 2 heterocycles. The van der Waals surface area contributed by atoms with Gasteiger partial charge in [0.2, 0.25) is 5.91 Å². The molecule has 0 bridgehead atoms. The third-order valence-corrected chi connectivity index (χ3v) is 4.91. The fourth-order valence-corrected chi connectivity index (χ4v) is 3.81. The van der Waals surface area contributed by atoms with Crippen LogP contribution in [0.2, 0.25) is 0 Å². The van der Waals surface area contributed by atoms with Gasteiger partial charge in [0.05, 0.1) is 11.5 Å². The summed E-state index contributed by atoms with van der Waals surface area (Å²) in [5, 5.41) is 3.38. The average molecular weight is 272 g/mol. The molecule has 1 N–H and O–H groups in total. The molecule has 0 aromatic heterocycles. The molecular formula is C17H24N2O. The molecule has 3 nitrogen and oxygen atoms in total. The Kier molecular flexibility index (Phi) is 3.33. The van der Waals surface area contributed by atoms with Gasteiger partial charge in [0.1, 0.15) is 0 Å². The molecule has 2 fully saturated rings. The van der Waals surface area contributed by atoms with E-state index in [-0.39, 0.29) is 17.5 Å². The van der Waals surface area contributed by atoms with E-state index in [4.69, 9.17) is 0 Å². The van der Waals surface area contributed by atoms with Crippen LogP contribution in [0.5, 0.6) is 0 Å². The number of rotatable bonds is 2. The van der Waals surface area contributed by atoms with Crippen LogP contribution in [0.25, 0.3) is 0 Å². The minimum absolute atomic E-state index is 0.148. The number of piperidine rings is 1. The molecule has 1 aromatic carbocycles. The van der Waals surface area contributed by atoms with Crippen LogP contribution in [0.1, 0.15) is 43.9 Å². The fourth-order valence-electron chi connectivity index (χ4n) is 3.81. The van der Waals surface area contributed by atoms with E-state index in [1.54, 1.807) is 0 Å². The molecule has 2 aliphatic heterocycles. The monoisotopic (exact) mass is 272 g/mol. The molecule has 0 saturated carbocycles. The van der Waals surface area contributed by atoms with E-state index in [1.165, 1.54) is 11.1 Å². The van der Waals surface area contributed by atoms with Crippen molar-refractivity contribution < 1.29 is 4.79 Å². The van der Waals surface area contributed by atoms with Gasteiger partial charge in [0, 0.05) is 6.04 Å². The van der Waals surface area contributed by atoms with Crippen molar-refractivity contribution in [3.8, 4) is 0 Å². The second-order valence-corrected chi connectivity index (χ2v) is 6.53. The van der Waals surface area contributed by atoms with Crippen molar-refractivity contribution in [2.24, 2.45) is 5.41 Å². The summed E-state index contributed by atoms with van der Waals surface area (Å²) in [6, 6.07) is 9.25. The SMILES string of the molecule is Cc1ccc(C2N(C(C)C)C(=O)C23CCNCC3)cc1. The molecule has 1 aromatic rings. The Morgan fingerprint density at radius 3 is 2.35 bits per heavy atom. The smallest absolute Gasteiger partial charge is 0.232 e. The second kappa shape index (κ2) is 4.88. The lowest BCUT2D eigenvalue weighted by Gasteiger charge is -2.59. The van der Waals surface area contributed by atoms with E-state index >= 15 is 0 Å². The van der Waals surface area contributed by atoms with E-state index in [1.807, 2.05) is 0 Å². The highest BCUT2D eigenvalue weighted by molar-refractivity contribution is 5.91. The Morgan fingerprint density at radius 1 is 1.20 bits per heavy atom.